The van der Waals surface area contributed by atoms with Crippen LogP contribution < -0.4 is 9.47 Å². The number of hydrogen-bond donors (Lipinski definition) is 2. The highest BCUT2D eigenvalue weighted by atomic mass is 35.5. The first-order valence-electron chi connectivity index (χ1n) is 8.59. The van der Waals surface area contributed by atoms with Crippen LogP contribution in [0.25, 0.3) is 0 Å². The Hall–Kier alpha value is -2.28. The summed E-state index contributed by atoms with van der Waals surface area (Å²) in [5.74, 6) is 1.47. The van der Waals surface area contributed by atoms with Crippen LogP contribution in [0.4, 0.5) is 0 Å². The van der Waals surface area contributed by atoms with Gasteiger partial charge in [-0.05, 0) is 62.4 Å². The van der Waals surface area contributed by atoms with Crippen LogP contribution in [0.1, 0.15) is 13.8 Å². The lowest BCUT2D eigenvalue weighted by molar-refractivity contribution is -0.146. The highest BCUT2D eigenvalue weighted by molar-refractivity contribution is 6.30. The zero-order valence-electron chi connectivity index (χ0n) is 15.4. The third kappa shape index (κ3) is 6.13. The molecule has 2 aromatic rings. The van der Waals surface area contributed by atoms with Crippen LogP contribution in [0.3, 0.4) is 0 Å². The lowest BCUT2D eigenvalue weighted by Crippen LogP contribution is -2.50. The molecule has 0 unspecified atom stereocenters. The highest BCUT2D eigenvalue weighted by Crippen LogP contribution is 2.27. The Morgan fingerprint density at radius 2 is 1.37 bits per heavy atom. The summed E-state index contributed by atoms with van der Waals surface area (Å²) in [6, 6.07) is 13.9. The maximum Gasteiger partial charge on any atom is 0.266 e. The molecule has 0 fully saturated rings. The molecule has 146 valence electrons. The SMILES string of the molecule is CC(C)(Oc1ccc(Oc2ccc(Cl)cc2)cc1)C(=O)N(CCO)CCO. The largest absolute Gasteiger partial charge is 0.478 e. The van der Waals surface area contributed by atoms with E-state index in [1.807, 2.05) is 0 Å². The highest BCUT2D eigenvalue weighted by Gasteiger charge is 2.34. The van der Waals surface area contributed by atoms with Crippen LogP contribution in [0.15, 0.2) is 48.5 Å². The summed E-state index contributed by atoms with van der Waals surface area (Å²) in [5, 5.41) is 18.8. The van der Waals surface area contributed by atoms with E-state index in [0.29, 0.717) is 22.3 Å². The molecule has 0 aromatic heterocycles. The first kappa shape index (κ1) is 21.0. The van der Waals surface area contributed by atoms with Gasteiger partial charge in [0.15, 0.2) is 5.60 Å². The van der Waals surface area contributed by atoms with Gasteiger partial charge in [0.05, 0.1) is 13.2 Å². The van der Waals surface area contributed by atoms with Crippen molar-refractivity contribution in [2.24, 2.45) is 0 Å². The van der Waals surface area contributed by atoms with Crippen molar-refractivity contribution in [1.82, 2.24) is 4.90 Å². The predicted octanol–water partition coefficient (Wildman–Crippen LogP) is 3.10. The van der Waals surface area contributed by atoms with E-state index < -0.39 is 5.60 Å². The van der Waals surface area contributed by atoms with E-state index in [4.69, 9.17) is 31.3 Å². The maximum absolute atomic E-state index is 12.6. The van der Waals surface area contributed by atoms with Gasteiger partial charge < -0.3 is 24.6 Å². The molecule has 2 aromatic carbocycles. The Bertz CT molecular complexity index is 725. The van der Waals surface area contributed by atoms with E-state index in [-0.39, 0.29) is 32.2 Å². The van der Waals surface area contributed by atoms with E-state index in [1.165, 1.54) is 4.90 Å². The zero-order valence-corrected chi connectivity index (χ0v) is 16.1. The lowest BCUT2D eigenvalue weighted by Gasteiger charge is -2.31. The van der Waals surface area contributed by atoms with E-state index in [0.717, 1.165) is 0 Å². The van der Waals surface area contributed by atoms with Gasteiger partial charge in [-0.15, -0.1) is 0 Å². The summed E-state index contributed by atoms with van der Waals surface area (Å²) in [7, 11) is 0. The lowest BCUT2D eigenvalue weighted by atomic mass is 10.1. The fraction of sp³-hybridized carbons (Fsp3) is 0.350. The van der Waals surface area contributed by atoms with Crippen LogP contribution in [-0.4, -0.2) is 52.9 Å². The van der Waals surface area contributed by atoms with Crippen molar-refractivity contribution in [3.63, 3.8) is 0 Å². The minimum atomic E-state index is -1.15. The summed E-state index contributed by atoms with van der Waals surface area (Å²) in [6.07, 6.45) is 0. The fourth-order valence-electron chi connectivity index (χ4n) is 2.49. The van der Waals surface area contributed by atoms with Crippen LogP contribution in [0, 0.1) is 0 Å². The molecule has 27 heavy (non-hydrogen) atoms. The number of nitrogens with zero attached hydrogens (tertiary/aromatic N) is 1. The summed E-state index contributed by atoms with van der Waals surface area (Å²) in [4.78, 5) is 14.0. The molecular formula is C20H24ClNO5. The van der Waals surface area contributed by atoms with Crippen molar-refractivity contribution < 1.29 is 24.5 Å². The molecule has 0 saturated heterocycles. The minimum absolute atomic E-state index is 0.139. The second-order valence-electron chi connectivity index (χ2n) is 6.38. The summed E-state index contributed by atoms with van der Waals surface area (Å²) in [5.41, 5.74) is -1.15. The molecule has 0 saturated carbocycles. The second-order valence-corrected chi connectivity index (χ2v) is 6.82. The van der Waals surface area contributed by atoms with Crippen LogP contribution in [0.2, 0.25) is 5.02 Å². The van der Waals surface area contributed by atoms with E-state index >= 15 is 0 Å². The summed E-state index contributed by atoms with van der Waals surface area (Å²) >= 11 is 5.85. The molecule has 6 nitrogen and oxygen atoms in total. The summed E-state index contributed by atoms with van der Waals surface area (Å²) < 4.78 is 11.6. The topological polar surface area (TPSA) is 79.2 Å². The molecule has 0 spiro atoms. The number of carbonyl (C=O) groups is 1. The van der Waals surface area contributed by atoms with Gasteiger partial charge in [0.2, 0.25) is 0 Å². The third-order valence-corrected chi connectivity index (χ3v) is 4.04. The molecule has 0 bridgehead atoms. The molecule has 1 amide bonds. The minimum Gasteiger partial charge on any atom is -0.478 e. The maximum atomic E-state index is 12.6. The first-order chi connectivity index (χ1) is 12.9. The molecule has 0 atom stereocenters. The molecule has 7 heteroatoms. The number of benzene rings is 2. The number of rotatable bonds is 9. The fourth-order valence-corrected chi connectivity index (χ4v) is 2.62. The number of aliphatic hydroxyl groups excluding tert-OH is 2. The smallest absolute Gasteiger partial charge is 0.266 e. The van der Waals surface area contributed by atoms with Crippen molar-refractivity contribution in [2.75, 3.05) is 26.3 Å². The molecular weight excluding hydrogens is 370 g/mol. The van der Waals surface area contributed by atoms with Gasteiger partial charge in [0.1, 0.15) is 17.2 Å². The third-order valence-electron chi connectivity index (χ3n) is 3.79. The average Bonchev–Trinajstić information content (AvgIpc) is 2.64. The monoisotopic (exact) mass is 393 g/mol. The van der Waals surface area contributed by atoms with E-state index in [9.17, 15) is 4.79 Å². The van der Waals surface area contributed by atoms with Gasteiger partial charge >= 0.3 is 0 Å². The number of aliphatic hydroxyl groups is 2. The van der Waals surface area contributed by atoms with E-state index in [2.05, 4.69) is 0 Å². The normalized spacial score (nSPS) is 11.1. The Balaban J connectivity index is 2.03. The van der Waals surface area contributed by atoms with Crippen molar-refractivity contribution in [3.8, 4) is 17.2 Å². The molecule has 0 aliphatic rings. The Morgan fingerprint density at radius 3 is 1.85 bits per heavy atom. The molecule has 0 aliphatic carbocycles. The quantitative estimate of drug-likeness (QED) is 0.684. The van der Waals surface area contributed by atoms with Gasteiger partial charge in [0, 0.05) is 18.1 Å². The number of halogens is 1. The average molecular weight is 394 g/mol. The summed E-state index contributed by atoms with van der Waals surface area (Å²) in [6.45, 7) is 3.21. The van der Waals surface area contributed by atoms with Crippen molar-refractivity contribution in [2.45, 2.75) is 19.4 Å². The standard InChI is InChI=1S/C20H24ClNO5/c1-20(2,19(25)22(11-13-23)12-14-24)27-18-9-7-17(8-10-18)26-16-5-3-15(21)4-6-16/h3-10,23-24H,11-14H2,1-2H3. The molecule has 0 radical (unpaired) electrons. The van der Waals surface area contributed by atoms with Crippen molar-refractivity contribution >= 4 is 17.5 Å². The van der Waals surface area contributed by atoms with Gasteiger partial charge in [-0.2, -0.15) is 0 Å². The van der Waals surface area contributed by atoms with Gasteiger partial charge in [0.25, 0.3) is 5.91 Å². The Labute approximate surface area is 163 Å². The zero-order chi connectivity index (χ0) is 19.9. The molecule has 2 N–H and O–H groups in total. The second kappa shape index (κ2) is 9.60. The van der Waals surface area contributed by atoms with Crippen LogP contribution >= 0.6 is 11.6 Å². The molecule has 0 heterocycles. The van der Waals surface area contributed by atoms with Crippen molar-refractivity contribution in [3.05, 3.63) is 53.6 Å². The van der Waals surface area contributed by atoms with Crippen LogP contribution in [0.5, 0.6) is 17.2 Å². The molecule has 0 aliphatic heterocycles. The van der Waals surface area contributed by atoms with Gasteiger partial charge in [-0.25, -0.2) is 0 Å². The van der Waals surface area contributed by atoms with Crippen LogP contribution in [-0.2, 0) is 4.79 Å². The number of carbonyl (C=O) groups excluding carboxylic acids is 1. The number of hydrogen-bond acceptors (Lipinski definition) is 5. The predicted molar refractivity (Wildman–Crippen MR) is 103 cm³/mol. The van der Waals surface area contributed by atoms with Gasteiger partial charge in [-0.1, -0.05) is 11.6 Å². The van der Waals surface area contributed by atoms with Gasteiger partial charge in [-0.3, -0.25) is 4.79 Å². The van der Waals surface area contributed by atoms with E-state index in [1.54, 1.807) is 62.4 Å². The van der Waals surface area contributed by atoms with Crippen molar-refractivity contribution in [1.29, 1.82) is 0 Å². The Kier molecular flexibility index (Phi) is 7.47. The number of ether oxygens (including phenoxy) is 2. The number of amides is 1. The Morgan fingerprint density at radius 1 is 0.926 bits per heavy atom. The molecule has 2 rings (SSSR count). The first-order valence-corrected chi connectivity index (χ1v) is 8.97.